The summed E-state index contributed by atoms with van der Waals surface area (Å²) in [6.45, 7) is 0.706. The van der Waals surface area contributed by atoms with Crippen LogP contribution in [0.1, 0.15) is 23.6 Å². The Morgan fingerprint density at radius 3 is 3.00 bits per heavy atom. The molecule has 0 saturated carbocycles. The van der Waals surface area contributed by atoms with Crippen LogP contribution in [0.2, 0.25) is 0 Å². The van der Waals surface area contributed by atoms with Gasteiger partial charge in [0.1, 0.15) is 0 Å². The van der Waals surface area contributed by atoms with Crippen LogP contribution >= 0.6 is 11.8 Å². The second-order valence-corrected chi connectivity index (χ2v) is 6.88. The lowest BCUT2D eigenvalue weighted by atomic mass is 10.0. The van der Waals surface area contributed by atoms with E-state index in [1.165, 1.54) is 10.5 Å². The summed E-state index contributed by atoms with van der Waals surface area (Å²) in [5, 5.41) is 5.99. The summed E-state index contributed by atoms with van der Waals surface area (Å²) in [5.41, 5.74) is 2.18. The second kappa shape index (κ2) is 6.65. The average molecular weight is 342 g/mol. The van der Waals surface area contributed by atoms with Gasteiger partial charge >= 0.3 is 6.03 Å². The summed E-state index contributed by atoms with van der Waals surface area (Å²) in [5.74, 6) is 2.50. The standard InChI is InChI=1S/C18H18N2O3S/c21-18(19-10-12-5-6-15-16(9-12)23-11-22-15)20-14-7-8-24-17-4-2-1-3-13(14)17/h1-6,9,14H,7-8,10-11H2,(H2,19,20,21)/t14-/m0/s1. The molecule has 2 amide bonds. The first kappa shape index (κ1) is 15.2. The minimum absolute atomic E-state index is 0.0687. The van der Waals surface area contributed by atoms with Crippen LogP contribution in [0.4, 0.5) is 4.79 Å². The van der Waals surface area contributed by atoms with E-state index in [9.17, 15) is 4.79 Å². The van der Waals surface area contributed by atoms with Gasteiger partial charge in [-0.25, -0.2) is 4.79 Å². The highest BCUT2D eigenvalue weighted by Gasteiger charge is 2.21. The highest BCUT2D eigenvalue weighted by Crippen LogP contribution is 2.35. The van der Waals surface area contributed by atoms with Crippen LogP contribution < -0.4 is 20.1 Å². The number of hydrogen-bond acceptors (Lipinski definition) is 4. The van der Waals surface area contributed by atoms with E-state index in [4.69, 9.17) is 9.47 Å². The molecule has 0 unspecified atom stereocenters. The van der Waals surface area contributed by atoms with Crippen molar-refractivity contribution in [2.45, 2.75) is 23.9 Å². The number of ether oxygens (including phenoxy) is 2. The van der Waals surface area contributed by atoms with Gasteiger partial charge in [-0.1, -0.05) is 24.3 Å². The predicted molar refractivity (Wildman–Crippen MR) is 92.5 cm³/mol. The molecule has 0 radical (unpaired) electrons. The van der Waals surface area contributed by atoms with Gasteiger partial charge in [-0.05, 0) is 35.7 Å². The van der Waals surface area contributed by atoms with Crippen molar-refractivity contribution in [3.63, 3.8) is 0 Å². The van der Waals surface area contributed by atoms with Gasteiger partial charge in [0.05, 0.1) is 6.04 Å². The molecule has 2 aliphatic heterocycles. The van der Waals surface area contributed by atoms with Crippen molar-refractivity contribution in [3.8, 4) is 11.5 Å². The number of amides is 2. The fraction of sp³-hybridized carbons (Fsp3) is 0.278. The van der Waals surface area contributed by atoms with E-state index in [0.717, 1.165) is 29.2 Å². The number of fused-ring (bicyclic) bond motifs is 2. The molecule has 5 nitrogen and oxygen atoms in total. The predicted octanol–water partition coefficient (Wildman–Crippen LogP) is 3.45. The average Bonchev–Trinajstić information content (AvgIpc) is 3.08. The Morgan fingerprint density at radius 2 is 2.04 bits per heavy atom. The van der Waals surface area contributed by atoms with E-state index >= 15 is 0 Å². The number of thioether (sulfide) groups is 1. The van der Waals surface area contributed by atoms with Crippen molar-refractivity contribution in [3.05, 3.63) is 53.6 Å². The van der Waals surface area contributed by atoms with E-state index in [1.807, 2.05) is 42.1 Å². The van der Waals surface area contributed by atoms with Crippen LogP contribution in [0.5, 0.6) is 11.5 Å². The number of carbonyl (C=O) groups excluding carboxylic acids is 1. The molecule has 0 saturated heterocycles. The Morgan fingerprint density at radius 1 is 1.17 bits per heavy atom. The van der Waals surface area contributed by atoms with Gasteiger partial charge in [-0.15, -0.1) is 11.8 Å². The maximum absolute atomic E-state index is 12.2. The maximum Gasteiger partial charge on any atom is 0.315 e. The third-order valence-corrected chi connectivity index (χ3v) is 5.28. The Labute approximate surface area is 144 Å². The number of rotatable bonds is 3. The molecule has 0 fully saturated rings. The third-order valence-electron chi connectivity index (χ3n) is 4.15. The molecule has 24 heavy (non-hydrogen) atoms. The number of nitrogens with one attached hydrogen (secondary N) is 2. The van der Waals surface area contributed by atoms with Crippen molar-refractivity contribution in [2.75, 3.05) is 12.5 Å². The fourth-order valence-corrected chi connectivity index (χ4v) is 4.06. The Kier molecular flexibility index (Phi) is 4.21. The molecule has 2 aromatic carbocycles. The van der Waals surface area contributed by atoms with Crippen LogP contribution in [-0.4, -0.2) is 18.6 Å². The lowest BCUT2D eigenvalue weighted by Gasteiger charge is -2.25. The van der Waals surface area contributed by atoms with E-state index < -0.39 is 0 Å². The number of hydrogen-bond donors (Lipinski definition) is 2. The normalized spacial score (nSPS) is 17.9. The topological polar surface area (TPSA) is 59.6 Å². The monoisotopic (exact) mass is 342 g/mol. The number of urea groups is 1. The molecule has 0 aliphatic carbocycles. The zero-order valence-corrected chi connectivity index (χ0v) is 13.9. The lowest BCUT2D eigenvalue weighted by Crippen LogP contribution is -2.38. The van der Waals surface area contributed by atoms with Crippen LogP contribution in [0.3, 0.4) is 0 Å². The summed E-state index contributed by atoms with van der Waals surface area (Å²) < 4.78 is 10.6. The summed E-state index contributed by atoms with van der Waals surface area (Å²) in [6.07, 6.45) is 0.944. The third kappa shape index (κ3) is 3.14. The van der Waals surface area contributed by atoms with Crippen molar-refractivity contribution in [2.24, 2.45) is 0 Å². The quantitative estimate of drug-likeness (QED) is 0.897. The van der Waals surface area contributed by atoms with E-state index in [-0.39, 0.29) is 18.9 Å². The summed E-state index contributed by atoms with van der Waals surface area (Å²) in [4.78, 5) is 13.5. The second-order valence-electron chi connectivity index (χ2n) is 5.74. The molecule has 2 aromatic rings. The van der Waals surface area contributed by atoms with Gasteiger partial charge in [-0.3, -0.25) is 0 Å². The van der Waals surface area contributed by atoms with Crippen molar-refractivity contribution in [1.29, 1.82) is 0 Å². The van der Waals surface area contributed by atoms with Gasteiger partial charge in [-0.2, -0.15) is 0 Å². The molecule has 2 N–H and O–H groups in total. The van der Waals surface area contributed by atoms with Gasteiger partial charge < -0.3 is 20.1 Å². The zero-order valence-electron chi connectivity index (χ0n) is 13.1. The zero-order chi connectivity index (χ0) is 16.4. The van der Waals surface area contributed by atoms with Gasteiger partial charge in [0.15, 0.2) is 11.5 Å². The first-order valence-electron chi connectivity index (χ1n) is 7.94. The molecule has 0 spiro atoms. The van der Waals surface area contributed by atoms with E-state index in [0.29, 0.717) is 6.54 Å². The summed E-state index contributed by atoms with van der Waals surface area (Å²) in [6, 6.07) is 13.9. The Bertz CT molecular complexity index is 766. The number of benzene rings is 2. The smallest absolute Gasteiger partial charge is 0.315 e. The van der Waals surface area contributed by atoms with E-state index in [1.54, 1.807) is 0 Å². The first-order chi connectivity index (χ1) is 11.8. The molecule has 124 valence electrons. The van der Waals surface area contributed by atoms with Crippen molar-refractivity contribution < 1.29 is 14.3 Å². The molecule has 4 rings (SSSR count). The van der Waals surface area contributed by atoms with Crippen LogP contribution in [0, 0.1) is 0 Å². The van der Waals surface area contributed by atoms with E-state index in [2.05, 4.69) is 22.8 Å². The van der Waals surface area contributed by atoms with Gasteiger partial charge in [0.25, 0.3) is 0 Å². The van der Waals surface area contributed by atoms with Crippen molar-refractivity contribution in [1.82, 2.24) is 10.6 Å². The highest BCUT2D eigenvalue weighted by molar-refractivity contribution is 7.99. The Hall–Kier alpha value is -2.34. The van der Waals surface area contributed by atoms with Crippen molar-refractivity contribution >= 4 is 17.8 Å². The van der Waals surface area contributed by atoms with Gasteiger partial charge in [0, 0.05) is 17.2 Å². The molecule has 0 aromatic heterocycles. The van der Waals surface area contributed by atoms with Crippen LogP contribution in [0.15, 0.2) is 47.4 Å². The minimum atomic E-state index is -0.153. The Balaban J connectivity index is 1.36. The molecule has 0 bridgehead atoms. The minimum Gasteiger partial charge on any atom is -0.454 e. The molecular formula is C18H18N2O3S. The largest absolute Gasteiger partial charge is 0.454 e. The summed E-state index contributed by atoms with van der Waals surface area (Å²) in [7, 11) is 0. The summed E-state index contributed by atoms with van der Waals surface area (Å²) >= 11 is 1.84. The molecule has 6 heteroatoms. The molecular weight excluding hydrogens is 324 g/mol. The SMILES string of the molecule is O=C(NCc1ccc2c(c1)OCO2)N[C@H]1CCSc2ccccc21. The van der Waals surface area contributed by atoms with Gasteiger partial charge in [0.2, 0.25) is 6.79 Å². The van der Waals surface area contributed by atoms with Crippen LogP contribution in [0.25, 0.3) is 0 Å². The highest BCUT2D eigenvalue weighted by atomic mass is 32.2. The first-order valence-corrected chi connectivity index (χ1v) is 8.93. The molecule has 2 heterocycles. The molecule has 2 aliphatic rings. The maximum atomic E-state index is 12.2. The van der Waals surface area contributed by atoms with Crippen LogP contribution in [-0.2, 0) is 6.54 Å². The lowest BCUT2D eigenvalue weighted by molar-refractivity contribution is 0.174. The number of carbonyl (C=O) groups is 1. The molecule has 1 atom stereocenters. The fourth-order valence-electron chi connectivity index (χ4n) is 2.93.